The normalized spacial score (nSPS) is 22.9. The summed E-state index contributed by atoms with van der Waals surface area (Å²) in [6, 6.07) is 3.91. The molecule has 1 heterocycles. The second kappa shape index (κ2) is 6.41. The third-order valence-electron chi connectivity index (χ3n) is 3.78. The minimum absolute atomic E-state index is 0.0136. The van der Waals surface area contributed by atoms with Gasteiger partial charge in [-0.2, -0.15) is 0 Å². The number of hydrogen-bond acceptors (Lipinski definition) is 2. The highest BCUT2D eigenvalue weighted by atomic mass is 16.4. The number of hydrogen-bond donors (Lipinski definition) is 2. The molecule has 5 nitrogen and oxygen atoms in total. The Hall–Kier alpha value is -1.78. The zero-order chi connectivity index (χ0) is 13.7. The van der Waals surface area contributed by atoms with E-state index in [1.54, 1.807) is 0 Å². The number of nitrogens with zero attached hydrogens (tertiary/aromatic N) is 1. The Kier molecular flexibility index (Phi) is 4.60. The first kappa shape index (κ1) is 13.6. The third-order valence-corrected chi connectivity index (χ3v) is 3.78. The first-order valence-corrected chi connectivity index (χ1v) is 6.78. The van der Waals surface area contributed by atoms with Gasteiger partial charge in [-0.25, -0.2) is 0 Å². The molecule has 2 N–H and O–H groups in total. The molecule has 1 aromatic heterocycles. The number of aliphatic carboxylic acids is 1. The van der Waals surface area contributed by atoms with Crippen LogP contribution in [0.5, 0.6) is 0 Å². The molecule has 0 unspecified atom stereocenters. The molecular weight excluding hydrogens is 244 g/mol. The molecule has 19 heavy (non-hydrogen) atoms. The van der Waals surface area contributed by atoms with Gasteiger partial charge < -0.3 is 15.0 Å². The van der Waals surface area contributed by atoms with Crippen LogP contribution in [-0.4, -0.2) is 28.1 Å². The van der Waals surface area contributed by atoms with Crippen LogP contribution in [0.1, 0.15) is 25.7 Å². The van der Waals surface area contributed by atoms with Crippen molar-refractivity contribution in [3.8, 4) is 0 Å². The minimum atomic E-state index is -0.730. The maximum atomic E-state index is 11.9. The zero-order valence-corrected chi connectivity index (χ0v) is 10.9. The van der Waals surface area contributed by atoms with Gasteiger partial charge in [0.25, 0.3) is 0 Å². The van der Waals surface area contributed by atoms with Crippen LogP contribution in [-0.2, 0) is 16.1 Å². The summed E-state index contributed by atoms with van der Waals surface area (Å²) in [5.74, 6) is -0.938. The van der Waals surface area contributed by atoms with E-state index in [-0.39, 0.29) is 17.7 Å². The van der Waals surface area contributed by atoms with Crippen LogP contribution < -0.4 is 5.32 Å². The Morgan fingerprint density at radius 1 is 1.11 bits per heavy atom. The van der Waals surface area contributed by atoms with Crippen molar-refractivity contribution in [1.82, 2.24) is 9.88 Å². The first-order valence-electron chi connectivity index (χ1n) is 6.78. The van der Waals surface area contributed by atoms with Crippen molar-refractivity contribution in [2.24, 2.45) is 11.8 Å². The Morgan fingerprint density at radius 3 is 2.26 bits per heavy atom. The van der Waals surface area contributed by atoms with Crippen molar-refractivity contribution >= 4 is 11.9 Å². The van der Waals surface area contributed by atoms with Crippen LogP contribution in [0, 0.1) is 11.8 Å². The molecule has 5 heteroatoms. The highest BCUT2D eigenvalue weighted by Gasteiger charge is 2.29. The Balaban J connectivity index is 1.68. The van der Waals surface area contributed by atoms with Gasteiger partial charge in [-0.1, -0.05) is 0 Å². The number of carbonyl (C=O) groups excluding carboxylic acids is 1. The predicted molar refractivity (Wildman–Crippen MR) is 70.5 cm³/mol. The average molecular weight is 264 g/mol. The lowest BCUT2D eigenvalue weighted by atomic mass is 9.81. The van der Waals surface area contributed by atoms with Gasteiger partial charge in [0.2, 0.25) is 5.91 Å². The SMILES string of the molecule is O=C(O)C1CCC(C(=O)NCCn2cccc2)CC1. The van der Waals surface area contributed by atoms with Crippen LogP contribution in [0.3, 0.4) is 0 Å². The van der Waals surface area contributed by atoms with Crippen molar-refractivity contribution in [1.29, 1.82) is 0 Å². The van der Waals surface area contributed by atoms with Gasteiger partial charge in [0, 0.05) is 31.4 Å². The molecule has 0 bridgehead atoms. The molecule has 1 fully saturated rings. The molecule has 0 spiro atoms. The molecule has 104 valence electrons. The second-order valence-electron chi connectivity index (χ2n) is 5.10. The van der Waals surface area contributed by atoms with Gasteiger partial charge in [0.05, 0.1) is 5.92 Å². The monoisotopic (exact) mass is 264 g/mol. The average Bonchev–Trinajstić information content (AvgIpc) is 2.92. The van der Waals surface area contributed by atoms with Gasteiger partial charge in [-0.3, -0.25) is 9.59 Å². The number of aromatic nitrogens is 1. The molecular formula is C14H20N2O3. The van der Waals surface area contributed by atoms with Crippen molar-refractivity contribution in [3.05, 3.63) is 24.5 Å². The van der Waals surface area contributed by atoms with Crippen molar-refractivity contribution in [2.45, 2.75) is 32.2 Å². The summed E-state index contributed by atoms with van der Waals surface area (Å²) >= 11 is 0. The van der Waals surface area contributed by atoms with Gasteiger partial charge in [0.1, 0.15) is 0 Å². The number of rotatable bonds is 5. The number of carboxylic acids is 1. The number of amides is 1. The summed E-state index contributed by atoms with van der Waals surface area (Å²) in [5, 5.41) is 11.8. The van der Waals surface area contributed by atoms with Gasteiger partial charge in [-0.15, -0.1) is 0 Å². The Labute approximate surface area is 112 Å². The van der Waals surface area contributed by atoms with E-state index in [1.807, 2.05) is 29.1 Å². The largest absolute Gasteiger partial charge is 0.481 e. The van der Waals surface area contributed by atoms with Gasteiger partial charge in [-0.05, 0) is 37.8 Å². The van der Waals surface area contributed by atoms with E-state index in [9.17, 15) is 9.59 Å². The summed E-state index contributed by atoms with van der Waals surface area (Å²) in [6.45, 7) is 1.38. The lowest BCUT2D eigenvalue weighted by molar-refractivity contribution is -0.144. The Morgan fingerprint density at radius 2 is 1.68 bits per heavy atom. The number of carboxylic acid groups (broad SMARTS) is 1. The topological polar surface area (TPSA) is 71.3 Å². The predicted octanol–water partition coefficient (Wildman–Crippen LogP) is 1.50. The summed E-state index contributed by atoms with van der Waals surface area (Å²) in [7, 11) is 0. The molecule has 0 atom stereocenters. The fourth-order valence-electron chi connectivity index (χ4n) is 2.57. The summed E-state index contributed by atoms with van der Waals surface area (Å²) in [4.78, 5) is 22.8. The van der Waals surface area contributed by atoms with Crippen molar-refractivity contribution < 1.29 is 14.7 Å². The lowest BCUT2D eigenvalue weighted by Crippen LogP contribution is -2.35. The van der Waals surface area contributed by atoms with Crippen molar-refractivity contribution in [3.63, 3.8) is 0 Å². The summed E-state index contributed by atoms with van der Waals surface area (Å²) in [5.41, 5.74) is 0. The lowest BCUT2D eigenvalue weighted by Gasteiger charge is -2.25. The van der Waals surface area contributed by atoms with E-state index in [4.69, 9.17) is 5.11 Å². The summed E-state index contributed by atoms with van der Waals surface area (Å²) in [6.07, 6.45) is 6.53. The van der Waals surface area contributed by atoms with Crippen LogP contribution in [0.4, 0.5) is 0 Å². The molecule has 1 aliphatic carbocycles. The molecule has 1 aromatic rings. The Bertz CT molecular complexity index is 420. The van der Waals surface area contributed by atoms with Gasteiger partial charge in [0.15, 0.2) is 0 Å². The highest BCUT2D eigenvalue weighted by molar-refractivity contribution is 5.79. The molecule has 1 aliphatic rings. The standard InChI is InChI=1S/C14H20N2O3/c17-13(15-7-10-16-8-1-2-9-16)11-3-5-12(6-4-11)14(18)19/h1-2,8-9,11-12H,3-7,10H2,(H,15,17)(H,18,19). The number of carbonyl (C=O) groups is 2. The fourth-order valence-corrected chi connectivity index (χ4v) is 2.57. The maximum Gasteiger partial charge on any atom is 0.306 e. The van der Waals surface area contributed by atoms with E-state index in [1.165, 1.54) is 0 Å². The van der Waals surface area contributed by atoms with Crippen LogP contribution in [0.25, 0.3) is 0 Å². The van der Waals surface area contributed by atoms with E-state index >= 15 is 0 Å². The quantitative estimate of drug-likeness (QED) is 0.846. The fraction of sp³-hybridized carbons (Fsp3) is 0.571. The van der Waals surface area contributed by atoms with E-state index in [0.717, 1.165) is 6.54 Å². The van der Waals surface area contributed by atoms with E-state index < -0.39 is 5.97 Å². The molecule has 0 aliphatic heterocycles. The highest BCUT2D eigenvalue weighted by Crippen LogP contribution is 2.28. The van der Waals surface area contributed by atoms with E-state index in [0.29, 0.717) is 32.2 Å². The van der Waals surface area contributed by atoms with E-state index in [2.05, 4.69) is 5.32 Å². The molecule has 0 radical (unpaired) electrons. The molecule has 2 rings (SSSR count). The van der Waals surface area contributed by atoms with Crippen LogP contribution in [0.2, 0.25) is 0 Å². The van der Waals surface area contributed by atoms with Crippen LogP contribution >= 0.6 is 0 Å². The number of nitrogens with one attached hydrogen (secondary N) is 1. The molecule has 0 aromatic carbocycles. The van der Waals surface area contributed by atoms with Crippen LogP contribution in [0.15, 0.2) is 24.5 Å². The smallest absolute Gasteiger partial charge is 0.306 e. The van der Waals surface area contributed by atoms with Gasteiger partial charge >= 0.3 is 5.97 Å². The van der Waals surface area contributed by atoms with Crippen molar-refractivity contribution in [2.75, 3.05) is 6.54 Å². The first-order chi connectivity index (χ1) is 9.16. The minimum Gasteiger partial charge on any atom is -0.481 e. The third kappa shape index (κ3) is 3.84. The molecule has 1 saturated carbocycles. The summed E-state index contributed by atoms with van der Waals surface area (Å²) < 4.78 is 2.02. The zero-order valence-electron chi connectivity index (χ0n) is 10.9. The molecule has 0 saturated heterocycles. The second-order valence-corrected chi connectivity index (χ2v) is 5.10. The molecule has 1 amide bonds. The maximum absolute atomic E-state index is 11.9.